The van der Waals surface area contributed by atoms with Gasteiger partial charge in [-0.15, -0.1) is 0 Å². The number of allylic oxidation sites excluding steroid dienone is 2. The van der Waals surface area contributed by atoms with Crippen molar-refractivity contribution in [1.29, 1.82) is 0 Å². The molecule has 0 saturated carbocycles. The van der Waals surface area contributed by atoms with Gasteiger partial charge in [0.05, 0.1) is 0 Å². The standard InChI is InChI=1S/C20H28F6N2O2/c1-4-14(2)11-15(3)12-27-8-5-18(13-27)6-9-28(10-7-18)17(29)30-16(19(21,22)23)20(24,25)26/h11,16H,2,4-10,12-13H2,1,3H3/b15-11+. The molecule has 30 heavy (non-hydrogen) atoms. The van der Waals surface area contributed by atoms with E-state index in [2.05, 4.69) is 22.3 Å². The lowest BCUT2D eigenvalue weighted by molar-refractivity contribution is -0.308. The number of carbonyl (C=O) groups excluding carboxylic acids is 1. The zero-order chi connectivity index (χ0) is 22.7. The van der Waals surface area contributed by atoms with Gasteiger partial charge in [-0.3, -0.25) is 4.90 Å². The number of hydrogen-bond donors (Lipinski definition) is 0. The van der Waals surface area contributed by atoms with Crippen LogP contribution in [0.25, 0.3) is 0 Å². The fraction of sp³-hybridized carbons (Fsp3) is 0.750. The van der Waals surface area contributed by atoms with Crippen LogP contribution in [0.3, 0.4) is 0 Å². The van der Waals surface area contributed by atoms with E-state index in [0.717, 1.165) is 42.9 Å². The Labute approximate surface area is 172 Å². The molecule has 2 heterocycles. The number of rotatable bonds is 5. The molecule has 2 aliphatic heterocycles. The van der Waals surface area contributed by atoms with Gasteiger partial charge in [0.1, 0.15) is 0 Å². The van der Waals surface area contributed by atoms with Gasteiger partial charge in [-0.25, -0.2) is 4.79 Å². The molecule has 1 spiro atoms. The quantitative estimate of drug-likeness (QED) is 0.427. The van der Waals surface area contributed by atoms with Crippen molar-refractivity contribution in [3.63, 3.8) is 0 Å². The van der Waals surface area contributed by atoms with Gasteiger partial charge >= 0.3 is 18.4 Å². The Morgan fingerprint density at radius 1 is 1.10 bits per heavy atom. The highest BCUT2D eigenvalue weighted by molar-refractivity contribution is 5.68. The zero-order valence-electron chi connectivity index (χ0n) is 17.2. The van der Waals surface area contributed by atoms with Crippen molar-refractivity contribution in [3.8, 4) is 0 Å². The topological polar surface area (TPSA) is 32.8 Å². The number of piperidine rings is 1. The second-order valence-corrected chi connectivity index (χ2v) is 8.30. The number of hydrogen-bond acceptors (Lipinski definition) is 3. The summed E-state index contributed by atoms with van der Waals surface area (Å²) in [5.41, 5.74) is 2.15. The number of halogens is 6. The summed E-state index contributed by atoms with van der Waals surface area (Å²) in [6.07, 6.45) is -12.2. The summed E-state index contributed by atoms with van der Waals surface area (Å²) in [5, 5.41) is 0. The van der Waals surface area contributed by atoms with E-state index in [1.54, 1.807) is 0 Å². The van der Waals surface area contributed by atoms with Gasteiger partial charge in [0.25, 0.3) is 6.10 Å². The zero-order valence-corrected chi connectivity index (χ0v) is 17.2. The summed E-state index contributed by atoms with van der Waals surface area (Å²) in [6, 6.07) is 0. The molecule has 2 saturated heterocycles. The molecular formula is C20H28F6N2O2. The molecule has 0 bridgehead atoms. The van der Waals surface area contributed by atoms with Crippen LogP contribution in [-0.4, -0.2) is 67.1 Å². The van der Waals surface area contributed by atoms with Gasteiger partial charge in [-0.05, 0) is 44.6 Å². The van der Waals surface area contributed by atoms with Crippen molar-refractivity contribution in [2.24, 2.45) is 5.41 Å². The fourth-order valence-electron chi connectivity index (χ4n) is 4.08. The van der Waals surface area contributed by atoms with E-state index < -0.39 is 24.5 Å². The van der Waals surface area contributed by atoms with E-state index >= 15 is 0 Å². The predicted octanol–water partition coefficient (Wildman–Crippen LogP) is 5.32. The van der Waals surface area contributed by atoms with E-state index in [1.165, 1.54) is 5.57 Å². The average molecular weight is 442 g/mol. The number of amides is 1. The normalized spacial score (nSPS) is 20.8. The van der Waals surface area contributed by atoms with Crippen molar-refractivity contribution in [1.82, 2.24) is 9.80 Å². The minimum Gasteiger partial charge on any atom is -0.426 e. The fourth-order valence-corrected chi connectivity index (χ4v) is 4.08. The third-order valence-corrected chi connectivity index (χ3v) is 5.79. The number of alkyl halides is 6. The average Bonchev–Trinajstić information content (AvgIpc) is 2.99. The van der Waals surface area contributed by atoms with Gasteiger partial charge in [0, 0.05) is 26.2 Å². The molecule has 0 atom stereocenters. The maximum atomic E-state index is 12.6. The molecule has 0 aromatic carbocycles. The smallest absolute Gasteiger partial charge is 0.426 e. The Balaban J connectivity index is 1.89. The van der Waals surface area contributed by atoms with E-state index in [9.17, 15) is 31.1 Å². The Bertz CT molecular complexity index is 649. The van der Waals surface area contributed by atoms with Crippen molar-refractivity contribution in [2.45, 2.75) is 58.0 Å². The van der Waals surface area contributed by atoms with Gasteiger partial charge in [0.15, 0.2) is 0 Å². The molecule has 1 amide bonds. The summed E-state index contributed by atoms with van der Waals surface area (Å²) in [5.74, 6) is 0. The maximum absolute atomic E-state index is 12.6. The number of nitrogens with zero attached hydrogens (tertiary/aromatic N) is 2. The molecule has 0 aliphatic carbocycles. The molecule has 0 unspecified atom stereocenters. The summed E-state index contributed by atoms with van der Waals surface area (Å²) >= 11 is 0. The van der Waals surface area contributed by atoms with Crippen LogP contribution in [0.4, 0.5) is 31.1 Å². The van der Waals surface area contributed by atoms with Crippen LogP contribution in [0, 0.1) is 5.41 Å². The molecule has 172 valence electrons. The number of likely N-dealkylation sites (tertiary alicyclic amines) is 2. The molecule has 0 N–H and O–H groups in total. The van der Waals surface area contributed by atoms with Crippen LogP contribution in [0.15, 0.2) is 23.8 Å². The third-order valence-electron chi connectivity index (χ3n) is 5.79. The monoisotopic (exact) mass is 442 g/mol. The van der Waals surface area contributed by atoms with Crippen molar-refractivity contribution >= 4 is 6.09 Å². The first-order valence-corrected chi connectivity index (χ1v) is 9.92. The minimum absolute atomic E-state index is 0.0771. The first-order chi connectivity index (χ1) is 13.8. The molecule has 2 rings (SSSR count). The second-order valence-electron chi connectivity index (χ2n) is 8.30. The summed E-state index contributed by atoms with van der Waals surface area (Å²) in [6.45, 7) is 10.6. The molecule has 0 aromatic heterocycles. The molecular weight excluding hydrogens is 414 g/mol. The summed E-state index contributed by atoms with van der Waals surface area (Å²) in [7, 11) is 0. The lowest BCUT2D eigenvalue weighted by Crippen LogP contribution is -2.50. The van der Waals surface area contributed by atoms with Crippen molar-refractivity contribution < 1.29 is 35.9 Å². The first-order valence-electron chi connectivity index (χ1n) is 9.92. The van der Waals surface area contributed by atoms with Crippen LogP contribution in [-0.2, 0) is 4.74 Å². The Kier molecular flexibility index (Phi) is 7.53. The van der Waals surface area contributed by atoms with Crippen LogP contribution in [0.2, 0.25) is 0 Å². The maximum Gasteiger partial charge on any atom is 0.434 e. The first kappa shape index (κ1) is 24.6. The molecule has 10 heteroatoms. The number of ether oxygens (including phenoxy) is 1. The van der Waals surface area contributed by atoms with Gasteiger partial charge in [-0.2, -0.15) is 26.3 Å². The van der Waals surface area contributed by atoms with Crippen molar-refractivity contribution in [2.75, 3.05) is 32.7 Å². The summed E-state index contributed by atoms with van der Waals surface area (Å²) in [4.78, 5) is 15.1. The lowest BCUT2D eigenvalue weighted by atomic mass is 9.78. The van der Waals surface area contributed by atoms with E-state index in [0.29, 0.717) is 12.8 Å². The second kappa shape index (κ2) is 9.20. The SMILES string of the molecule is C=C(/C=C(\C)CN1CCC2(CCN(C(=O)OC(C(F)(F)F)C(F)(F)F)CC2)C1)CC. The molecule has 2 aliphatic rings. The van der Waals surface area contributed by atoms with E-state index in [-0.39, 0.29) is 18.5 Å². The van der Waals surface area contributed by atoms with Gasteiger partial charge in [-0.1, -0.05) is 30.7 Å². The Morgan fingerprint density at radius 3 is 2.13 bits per heavy atom. The minimum atomic E-state index is -5.70. The highest BCUT2D eigenvalue weighted by Crippen LogP contribution is 2.41. The van der Waals surface area contributed by atoms with Crippen LogP contribution in [0.1, 0.15) is 39.5 Å². The summed E-state index contributed by atoms with van der Waals surface area (Å²) < 4.78 is 79.4. The van der Waals surface area contributed by atoms with Crippen LogP contribution >= 0.6 is 0 Å². The van der Waals surface area contributed by atoms with E-state index in [1.807, 2.05) is 13.8 Å². The molecule has 4 nitrogen and oxygen atoms in total. The van der Waals surface area contributed by atoms with Crippen LogP contribution in [0.5, 0.6) is 0 Å². The lowest BCUT2D eigenvalue weighted by Gasteiger charge is -2.39. The molecule has 0 radical (unpaired) electrons. The van der Waals surface area contributed by atoms with Gasteiger partial charge < -0.3 is 9.64 Å². The number of carbonyl (C=O) groups is 1. The highest BCUT2D eigenvalue weighted by atomic mass is 19.4. The molecule has 2 fully saturated rings. The Morgan fingerprint density at radius 2 is 1.63 bits per heavy atom. The van der Waals surface area contributed by atoms with Crippen LogP contribution < -0.4 is 0 Å². The third kappa shape index (κ3) is 6.39. The van der Waals surface area contributed by atoms with Crippen molar-refractivity contribution in [3.05, 3.63) is 23.8 Å². The van der Waals surface area contributed by atoms with E-state index in [4.69, 9.17) is 0 Å². The molecule has 0 aromatic rings. The Hall–Kier alpha value is -1.71. The highest BCUT2D eigenvalue weighted by Gasteiger charge is 2.60. The predicted molar refractivity (Wildman–Crippen MR) is 99.9 cm³/mol. The largest absolute Gasteiger partial charge is 0.434 e. The van der Waals surface area contributed by atoms with Gasteiger partial charge in [0.2, 0.25) is 0 Å².